The summed E-state index contributed by atoms with van der Waals surface area (Å²) >= 11 is 0. The number of carbonyl (C=O) groups excluding carboxylic acids is 1. The Kier molecular flexibility index (Phi) is 7.21. The highest BCUT2D eigenvalue weighted by Gasteiger charge is 2.22. The van der Waals surface area contributed by atoms with Gasteiger partial charge in [-0.25, -0.2) is 4.79 Å². The second kappa shape index (κ2) is 10.1. The molecule has 27 heavy (non-hydrogen) atoms. The van der Waals surface area contributed by atoms with Crippen molar-refractivity contribution in [1.82, 2.24) is 4.90 Å². The average Bonchev–Trinajstić information content (AvgIpc) is 2.72. The molecule has 0 bridgehead atoms. The van der Waals surface area contributed by atoms with Gasteiger partial charge in [-0.15, -0.1) is 0 Å². The Balaban J connectivity index is 1.54. The molecule has 2 fully saturated rings. The molecule has 0 radical (unpaired) electrons. The van der Waals surface area contributed by atoms with Gasteiger partial charge in [-0.1, -0.05) is 49.8 Å². The number of benzene rings is 1. The lowest BCUT2D eigenvalue weighted by Crippen LogP contribution is -2.37. The van der Waals surface area contributed by atoms with E-state index in [1.807, 2.05) is 24.3 Å². The van der Waals surface area contributed by atoms with Gasteiger partial charge in [-0.3, -0.25) is 0 Å². The number of hydrogen-bond donors (Lipinski definition) is 0. The molecule has 0 aromatic heterocycles. The van der Waals surface area contributed by atoms with E-state index in [0.717, 1.165) is 30.8 Å². The van der Waals surface area contributed by atoms with Crippen LogP contribution in [0.4, 0.5) is 4.79 Å². The zero-order chi connectivity index (χ0) is 18.9. The van der Waals surface area contributed by atoms with Crippen LogP contribution in [0.2, 0.25) is 0 Å². The maximum absolute atomic E-state index is 11.7. The first-order valence-electron chi connectivity index (χ1n) is 10.1. The summed E-state index contributed by atoms with van der Waals surface area (Å²) in [6.07, 6.45) is 9.16. The number of ether oxygens (including phenoxy) is 2. The Morgan fingerprint density at radius 3 is 2.63 bits per heavy atom. The number of carbonyl (C=O) groups is 1. The maximum atomic E-state index is 11.7. The maximum Gasteiger partial charge on any atom is 0.414 e. The minimum Gasteiger partial charge on any atom is -0.492 e. The second-order valence-corrected chi connectivity index (χ2v) is 7.39. The SMILES string of the molecule is C=COC(=O)N1CCC(C#Cc2ccccc2OCC2CCCCC2)CC1. The Morgan fingerprint density at radius 1 is 1.15 bits per heavy atom. The van der Waals surface area contributed by atoms with Gasteiger partial charge in [0.05, 0.1) is 18.4 Å². The molecule has 0 N–H and O–H groups in total. The van der Waals surface area contributed by atoms with Gasteiger partial charge in [-0.2, -0.15) is 0 Å². The topological polar surface area (TPSA) is 38.8 Å². The summed E-state index contributed by atoms with van der Waals surface area (Å²) in [6.45, 7) is 5.56. The van der Waals surface area contributed by atoms with Crippen LogP contribution in [0.5, 0.6) is 5.75 Å². The molecule has 1 heterocycles. The van der Waals surface area contributed by atoms with Crippen LogP contribution < -0.4 is 4.74 Å². The van der Waals surface area contributed by atoms with Crippen molar-refractivity contribution in [3.63, 3.8) is 0 Å². The van der Waals surface area contributed by atoms with Crippen LogP contribution in [0.1, 0.15) is 50.5 Å². The number of nitrogens with zero attached hydrogens (tertiary/aromatic N) is 1. The van der Waals surface area contributed by atoms with Crippen molar-refractivity contribution in [1.29, 1.82) is 0 Å². The Bertz CT molecular complexity index is 689. The largest absolute Gasteiger partial charge is 0.492 e. The molecule has 4 nitrogen and oxygen atoms in total. The van der Waals surface area contributed by atoms with Gasteiger partial charge < -0.3 is 14.4 Å². The fourth-order valence-corrected chi connectivity index (χ4v) is 3.79. The third kappa shape index (κ3) is 5.79. The number of para-hydroxylation sites is 1. The molecule has 1 aromatic carbocycles. The number of piperidine rings is 1. The highest BCUT2D eigenvalue weighted by molar-refractivity contribution is 5.68. The molecular weight excluding hydrogens is 338 g/mol. The first-order valence-corrected chi connectivity index (χ1v) is 10.1. The molecule has 1 aliphatic carbocycles. The van der Waals surface area contributed by atoms with Crippen LogP contribution in [-0.2, 0) is 4.74 Å². The number of rotatable bonds is 4. The van der Waals surface area contributed by atoms with E-state index in [4.69, 9.17) is 9.47 Å². The molecule has 0 atom stereocenters. The highest BCUT2D eigenvalue weighted by atomic mass is 16.5. The number of likely N-dealkylation sites (tertiary alicyclic amines) is 1. The fraction of sp³-hybridized carbons (Fsp3) is 0.522. The Hall–Kier alpha value is -2.41. The lowest BCUT2D eigenvalue weighted by atomic mass is 9.90. The van der Waals surface area contributed by atoms with E-state index in [1.165, 1.54) is 38.4 Å². The minimum atomic E-state index is -0.321. The minimum absolute atomic E-state index is 0.296. The fourth-order valence-electron chi connectivity index (χ4n) is 3.79. The predicted octanol–water partition coefficient (Wildman–Crippen LogP) is 4.99. The monoisotopic (exact) mass is 367 g/mol. The Morgan fingerprint density at radius 2 is 1.89 bits per heavy atom. The molecule has 1 amide bonds. The van der Waals surface area contributed by atoms with Gasteiger partial charge >= 0.3 is 6.09 Å². The normalized spacial score (nSPS) is 18.3. The molecule has 3 rings (SSSR count). The van der Waals surface area contributed by atoms with Crippen LogP contribution in [0.15, 0.2) is 37.1 Å². The molecule has 1 saturated carbocycles. The standard InChI is InChI=1S/C23H29NO3/c1-2-26-23(25)24-16-14-19(15-17-24)12-13-21-10-6-7-11-22(21)27-18-20-8-4-3-5-9-20/h2,6-7,10-11,19-20H,1,3-5,8-9,14-18H2. The van der Waals surface area contributed by atoms with Crippen molar-refractivity contribution in [3.05, 3.63) is 42.7 Å². The second-order valence-electron chi connectivity index (χ2n) is 7.39. The van der Waals surface area contributed by atoms with Crippen LogP contribution in [-0.4, -0.2) is 30.7 Å². The molecule has 2 aliphatic rings. The van der Waals surface area contributed by atoms with E-state index in [-0.39, 0.29) is 6.09 Å². The van der Waals surface area contributed by atoms with Gasteiger partial charge in [-0.05, 0) is 43.7 Å². The number of amides is 1. The van der Waals surface area contributed by atoms with Crippen LogP contribution >= 0.6 is 0 Å². The number of hydrogen-bond acceptors (Lipinski definition) is 3. The first kappa shape index (κ1) is 19.4. The smallest absolute Gasteiger partial charge is 0.414 e. The van der Waals surface area contributed by atoms with E-state index in [1.54, 1.807) is 4.90 Å². The van der Waals surface area contributed by atoms with Gasteiger partial charge in [0, 0.05) is 19.0 Å². The lowest BCUT2D eigenvalue weighted by Gasteiger charge is -2.28. The summed E-state index contributed by atoms with van der Waals surface area (Å²) in [7, 11) is 0. The third-order valence-electron chi connectivity index (χ3n) is 5.43. The van der Waals surface area contributed by atoms with Crippen LogP contribution in [0, 0.1) is 23.7 Å². The summed E-state index contributed by atoms with van der Waals surface area (Å²) in [5, 5.41) is 0. The van der Waals surface area contributed by atoms with Crippen LogP contribution in [0.25, 0.3) is 0 Å². The van der Waals surface area contributed by atoms with Crippen molar-refractivity contribution in [2.75, 3.05) is 19.7 Å². The van der Waals surface area contributed by atoms with Crippen molar-refractivity contribution < 1.29 is 14.3 Å². The van der Waals surface area contributed by atoms with Crippen molar-refractivity contribution in [2.45, 2.75) is 44.9 Å². The lowest BCUT2D eigenvalue weighted by molar-refractivity contribution is 0.123. The molecule has 4 heteroatoms. The van der Waals surface area contributed by atoms with E-state index < -0.39 is 0 Å². The summed E-state index contributed by atoms with van der Waals surface area (Å²) in [6, 6.07) is 8.05. The predicted molar refractivity (Wildman–Crippen MR) is 106 cm³/mol. The van der Waals surface area contributed by atoms with Crippen LogP contribution in [0.3, 0.4) is 0 Å². The van der Waals surface area contributed by atoms with Crippen molar-refractivity contribution in [2.24, 2.45) is 11.8 Å². The summed E-state index contributed by atoms with van der Waals surface area (Å²) in [5.74, 6) is 8.56. The quantitative estimate of drug-likeness (QED) is 0.556. The Labute approximate surface area is 162 Å². The molecule has 0 spiro atoms. The van der Waals surface area contributed by atoms with E-state index >= 15 is 0 Å². The average molecular weight is 367 g/mol. The van der Waals surface area contributed by atoms with E-state index in [2.05, 4.69) is 18.4 Å². The molecule has 1 aromatic rings. The molecule has 1 aliphatic heterocycles. The van der Waals surface area contributed by atoms with E-state index in [0.29, 0.717) is 24.9 Å². The van der Waals surface area contributed by atoms with Gasteiger partial charge in [0.15, 0.2) is 0 Å². The zero-order valence-corrected chi connectivity index (χ0v) is 16.0. The first-order chi connectivity index (χ1) is 13.3. The summed E-state index contributed by atoms with van der Waals surface area (Å²) in [5.41, 5.74) is 0.960. The van der Waals surface area contributed by atoms with E-state index in [9.17, 15) is 4.79 Å². The molecule has 1 saturated heterocycles. The zero-order valence-electron chi connectivity index (χ0n) is 16.0. The highest BCUT2D eigenvalue weighted by Crippen LogP contribution is 2.26. The van der Waals surface area contributed by atoms with Gasteiger partial charge in [0.2, 0.25) is 0 Å². The summed E-state index contributed by atoms with van der Waals surface area (Å²) in [4.78, 5) is 13.4. The van der Waals surface area contributed by atoms with Gasteiger partial charge in [0.25, 0.3) is 0 Å². The third-order valence-corrected chi connectivity index (χ3v) is 5.43. The molecular formula is C23H29NO3. The summed E-state index contributed by atoms with van der Waals surface area (Å²) < 4.78 is 10.9. The van der Waals surface area contributed by atoms with Crippen molar-refractivity contribution >= 4 is 6.09 Å². The molecule has 0 unspecified atom stereocenters. The van der Waals surface area contributed by atoms with Crippen molar-refractivity contribution in [3.8, 4) is 17.6 Å². The van der Waals surface area contributed by atoms with Gasteiger partial charge in [0.1, 0.15) is 5.75 Å². The molecule has 144 valence electrons.